The van der Waals surface area contributed by atoms with Crippen molar-refractivity contribution in [2.75, 3.05) is 10.6 Å². The third kappa shape index (κ3) is 3.86. The van der Waals surface area contributed by atoms with E-state index in [1.54, 1.807) is 35.6 Å². The number of carbonyl (C=O) groups is 1. The number of nitrogens with one attached hydrogen (secondary N) is 2. The molecule has 112 valence electrons. The average Bonchev–Trinajstić information content (AvgIpc) is 3.10. The first-order chi connectivity index (χ1) is 10.6. The Morgan fingerprint density at radius 1 is 1.14 bits per heavy atom. The molecular weight excluding hydrogens is 406 g/mol. The van der Waals surface area contributed by atoms with Crippen molar-refractivity contribution in [3.05, 3.63) is 50.6 Å². The summed E-state index contributed by atoms with van der Waals surface area (Å²) >= 11 is 12.2. The van der Waals surface area contributed by atoms with E-state index in [9.17, 15) is 4.79 Å². The van der Waals surface area contributed by atoms with Crippen LogP contribution in [0.2, 0.25) is 5.02 Å². The Bertz CT molecular complexity index is 801. The van der Waals surface area contributed by atoms with Crippen LogP contribution in [0.15, 0.2) is 45.6 Å². The first-order valence-electron chi connectivity index (χ1n) is 6.15. The van der Waals surface area contributed by atoms with Gasteiger partial charge in [0, 0.05) is 16.1 Å². The van der Waals surface area contributed by atoms with Crippen LogP contribution in [-0.4, -0.2) is 11.0 Å². The van der Waals surface area contributed by atoms with E-state index in [2.05, 4.69) is 31.5 Å². The Labute approximate surface area is 148 Å². The molecule has 4 nitrogen and oxygen atoms in total. The predicted molar refractivity (Wildman–Crippen MR) is 97.2 cm³/mol. The molecule has 0 bridgehead atoms. The fraction of sp³-hybridized carbons (Fsp3) is 0. The lowest BCUT2D eigenvalue weighted by molar-refractivity contribution is 0.262. The number of halogens is 2. The van der Waals surface area contributed by atoms with Crippen molar-refractivity contribution in [3.63, 3.8) is 0 Å². The molecule has 1 aromatic carbocycles. The lowest BCUT2D eigenvalue weighted by atomic mass is 10.3. The van der Waals surface area contributed by atoms with Gasteiger partial charge in [0.2, 0.25) is 0 Å². The van der Waals surface area contributed by atoms with Gasteiger partial charge in [-0.3, -0.25) is 5.32 Å². The maximum Gasteiger partial charge on any atom is 0.325 e. The Balaban J connectivity index is 1.64. The number of thiazole rings is 1. The molecule has 0 saturated heterocycles. The van der Waals surface area contributed by atoms with Gasteiger partial charge in [-0.15, -0.1) is 22.7 Å². The normalized spacial score (nSPS) is 10.5. The largest absolute Gasteiger partial charge is 0.325 e. The van der Waals surface area contributed by atoms with E-state index in [1.165, 1.54) is 11.3 Å². The number of thiophene rings is 1. The highest BCUT2D eigenvalue weighted by Gasteiger charge is 2.09. The number of hydrogen-bond donors (Lipinski definition) is 2. The van der Waals surface area contributed by atoms with E-state index < -0.39 is 0 Å². The van der Waals surface area contributed by atoms with Crippen molar-refractivity contribution in [3.8, 4) is 10.6 Å². The van der Waals surface area contributed by atoms with Gasteiger partial charge >= 0.3 is 6.03 Å². The van der Waals surface area contributed by atoms with E-state index in [0.717, 1.165) is 14.4 Å². The topological polar surface area (TPSA) is 54.0 Å². The van der Waals surface area contributed by atoms with Gasteiger partial charge in [0.05, 0.1) is 14.4 Å². The third-order valence-electron chi connectivity index (χ3n) is 2.65. The van der Waals surface area contributed by atoms with Crippen LogP contribution < -0.4 is 10.6 Å². The Morgan fingerprint density at radius 3 is 2.59 bits per heavy atom. The summed E-state index contributed by atoms with van der Waals surface area (Å²) in [6.45, 7) is 0. The van der Waals surface area contributed by atoms with Crippen molar-refractivity contribution in [1.82, 2.24) is 4.98 Å². The minimum atomic E-state index is -0.337. The summed E-state index contributed by atoms with van der Waals surface area (Å²) in [6.07, 6.45) is 0. The molecule has 2 N–H and O–H groups in total. The van der Waals surface area contributed by atoms with Crippen molar-refractivity contribution < 1.29 is 4.79 Å². The number of rotatable bonds is 3. The van der Waals surface area contributed by atoms with Gasteiger partial charge < -0.3 is 5.32 Å². The number of aromatic nitrogens is 1. The van der Waals surface area contributed by atoms with Crippen LogP contribution in [0.1, 0.15) is 0 Å². The van der Waals surface area contributed by atoms with Gasteiger partial charge in [-0.25, -0.2) is 9.78 Å². The summed E-state index contributed by atoms with van der Waals surface area (Å²) in [5.74, 6) is 0. The smallest absolute Gasteiger partial charge is 0.308 e. The van der Waals surface area contributed by atoms with Crippen LogP contribution in [0.25, 0.3) is 10.6 Å². The SMILES string of the molecule is O=C(Nc1ccc(Cl)cc1)Nc1nc(-c2ccc(Br)s2)cs1. The Morgan fingerprint density at radius 2 is 1.91 bits per heavy atom. The predicted octanol–water partition coefficient (Wildman–Crippen LogP) is 5.93. The Kier molecular flexibility index (Phi) is 4.77. The summed E-state index contributed by atoms with van der Waals surface area (Å²) in [6, 6.07) is 10.5. The number of carbonyl (C=O) groups excluding carboxylic acids is 1. The third-order valence-corrected chi connectivity index (χ3v) is 5.31. The summed E-state index contributed by atoms with van der Waals surface area (Å²) in [5.41, 5.74) is 1.52. The molecule has 0 aliphatic carbocycles. The molecule has 0 aliphatic rings. The quantitative estimate of drug-likeness (QED) is 0.558. The highest BCUT2D eigenvalue weighted by molar-refractivity contribution is 9.11. The standard InChI is InChI=1S/C14H9BrClN3OS2/c15-12-6-5-11(22-12)10-7-21-14(18-10)19-13(20)17-9-3-1-8(16)2-4-9/h1-7H,(H2,17,18,19,20). The highest BCUT2D eigenvalue weighted by Crippen LogP contribution is 2.33. The second kappa shape index (κ2) is 6.78. The molecule has 0 spiro atoms. The first-order valence-corrected chi connectivity index (χ1v) is 9.02. The molecule has 3 aromatic rings. The van der Waals surface area contributed by atoms with Gasteiger partial charge in [-0.1, -0.05) is 11.6 Å². The zero-order valence-corrected chi connectivity index (χ0v) is 14.9. The summed E-state index contributed by atoms with van der Waals surface area (Å²) < 4.78 is 1.05. The van der Waals surface area contributed by atoms with Crippen LogP contribution in [0, 0.1) is 0 Å². The average molecular weight is 415 g/mol. The van der Waals surface area contributed by atoms with Gasteiger partial charge in [-0.05, 0) is 52.3 Å². The molecule has 3 rings (SSSR count). The van der Waals surface area contributed by atoms with Crippen LogP contribution in [0.5, 0.6) is 0 Å². The maximum atomic E-state index is 11.9. The van der Waals surface area contributed by atoms with E-state index in [-0.39, 0.29) is 6.03 Å². The molecule has 2 aromatic heterocycles. The molecule has 0 radical (unpaired) electrons. The molecule has 2 amide bonds. The molecule has 0 aliphatic heterocycles. The highest BCUT2D eigenvalue weighted by atomic mass is 79.9. The molecule has 22 heavy (non-hydrogen) atoms. The maximum absolute atomic E-state index is 11.9. The van der Waals surface area contributed by atoms with E-state index >= 15 is 0 Å². The minimum Gasteiger partial charge on any atom is -0.308 e. The fourth-order valence-corrected chi connectivity index (χ4v) is 3.94. The number of hydrogen-bond acceptors (Lipinski definition) is 4. The van der Waals surface area contributed by atoms with Gasteiger partial charge in [0.15, 0.2) is 5.13 Å². The molecule has 0 saturated carbocycles. The van der Waals surface area contributed by atoms with Crippen LogP contribution in [0.4, 0.5) is 15.6 Å². The molecule has 0 unspecified atom stereocenters. The number of anilines is 2. The number of benzene rings is 1. The molecular formula is C14H9BrClN3OS2. The summed E-state index contributed by atoms with van der Waals surface area (Å²) in [7, 11) is 0. The van der Waals surface area contributed by atoms with E-state index in [0.29, 0.717) is 15.8 Å². The van der Waals surface area contributed by atoms with Crippen molar-refractivity contribution in [2.24, 2.45) is 0 Å². The van der Waals surface area contributed by atoms with Gasteiger partial charge in [0.25, 0.3) is 0 Å². The number of amides is 2. The van der Waals surface area contributed by atoms with E-state index in [1.807, 2.05) is 17.5 Å². The zero-order chi connectivity index (χ0) is 15.5. The summed E-state index contributed by atoms with van der Waals surface area (Å²) in [4.78, 5) is 17.4. The second-order valence-corrected chi connectivity index (χ2v) is 7.99. The van der Waals surface area contributed by atoms with E-state index in [4.69, 9.17) is 11.6 Å². The number of urea groups is 1. The van der Waals surface area contributed by atoms with Crippen LogP contribution >= 0.6 is 50.2 Å². The first kappa shape index (κ1) is 15.5. The van der Waals surface area contributed by atoms with Crippen LogP contribution in [0.3, 0.4) is 0 Å². The van der Waals surface area contributed by atoms with Gasteiger partial charge in [0.1, 0.15) is 0 Å². The van der Waals surface area contributed by atoms with Gasteiger partial charge in [-0.2, -0.15) is 0 Å². The van der Waals surface area contributed by atoms with Crippen LogP contribution in [-0.2, 0) is 0 Å². The fourth-order valence-electron chi connectivity index (χ4n) is 1.69. The summed E-state index contributed by atoms with van der Waals surface area (Å²) in [5, 5.41) is 8.53. The van der Waals surface area contributed by atoms with Crippen molar-refractivity contribution in [2.45, 2.75) is 0 Å². The van der Waals surface area contributed by atoms with Crippen molar-refractivity contribution in [1.29, 1.82) is 0 Å². The lowest BCUT2D eigenvalue weighted by Crippen LogP contribution is -2.19. The molecule has 8 heteroatoms. The monoisotopic (exact) mass is 413 g/mol. The molecule has 0 fully saturated rings. The lowest BCUT2D eigenvalue weighted by Gasteiger charge is -2.05. The zero-order valence-electron chi connectivity index (χ0n) is 11.0. The van der Waals surface area contributed by atoms with Crippen molar-refractivity contribution >= 4 is 67.1 Å². The molecule has 2 heterocycles. The second-order valence-electron chi connectivity index (χ2n) is 4.23. The minimum absolute atomic E-state index is 0.337. The Hall–Kier alpha value is -1.41. The molecule has 0 atom stereocenters. The number of nitrogens with zero attached hydrogens (tertiary/aromatic N) is 1.